The molecule has 146 valence electrons. The van der Waals surface area contributed by atoms with Crippen LogP contribution in [0.1, 0.15) is 16.4 Å². The van der Waals surface area contributed by atoms with Crippen LogP contribution in [0.5, 0.6) is 0 Å². The smallest absolute Gasteiger partial charge is 0.289 e. The zero-order valence-corrected chi connectivity index (χ0v) is 15.9. The van der Waals surface area contributed by atoms with Crippen molar-refractivity contribution in [3.05, 3.63) is 60.3 Å². The fourth-order valence-electron chi connectivity index (χ4n) is 3.50. The van der Waals surface area contributed by atoms with Gasteiger partial charge in [-0.25, -0.2) is 4.98 Å². The monoisotopic (exact) mass is 389 g/mol. The van der Waals surface area contributed by atoms with E-state index in [0.29, 0.717) is 43.7 Å². The number of pyridine rings is 1. The van der Waals surface area contributed by atoms with Crippen molar-refractivity contribution in [2.24, 2.45) is 0 Å². The fourth-order valence-corrected chi connectivity index (χ4v) is 3.50. The summed E-state index contributed by atoms with van der Waals surface area (Å²) in [6.07, 6.45) is 1.74. The van der Waals surface area contributed by atoms with Gasteiger partial charge in [0.05, 0.1) is 0 Å². The summed E-state index contributed by atoms with van der Waals surface area (Å²) in [7, 11) is 0. The van der Waals surface area contributed by atoms with Crippen LogP contribution in [0.3, 0.4) is 0 Å². The number of nitrogens with zero attached hydrogens (tertiary/aromatic N) is 5. The minimum atomic E-state index is -0.0726. The van der Waals surface area contributed by atoms with Gasteiger partial charge in [-0.3, -0.25) is 4.79 Å². The molecule has 29 heavy (non-hydrogen) atoms. The Hall–Kier alpha value is -3.68. The minimum absolute atomic E-state index is 0.0726. The SMILES string of the molecule is Cc1nc(-c2ccc(N3CCN(C(=O)c4cc5ccccc5o4)CC3)nc2)no1. The van der Waals surface area contributed by atoms with Gasteiger partial charge in [-0.05, 0) is 24.3 Å². The number of furan rings is 1. The number of carbonyl (C=O) groups is 1. The number of hydrogen-bond acceptors (Lipinski definition) is 7. The molecule has 0 aliphatic carbocycles. The summed E-state index contributed by atoms with van der Waals surface area (Å²) in [5.74, 6) is 2.23. The number of aromatic nitrogens is 3. The maximum atomic E-state index is 12.8. The second kappa shape index (κ2) is 7.05. The standard InChI is InChI=1S/C21H19N5O3/c1-14-23-20(24-29-14)16-6-7-19(22-13-16)25-8-10-26(11-9-25)21(27)18-12-15-4-2-3-5-17(15)28-18/h2-7,12-13H,8-11H2,1H3. The van der Waals surface area contributed by atoms with E-state index in [9.17, 15) is 4.79 Å². The Labute approximate surface area is 166 Å². The largest absolute Gasteiger partial charge is 0.451 e. The molecule has 1 fully saturated rings. The van der Waals surface area contributed by atoms with E-state index in [1.165, 1.54) is 0 Å². The van der Waals surface area contributed by atoms with E-state index in [2.05, 4.69) is 20.0 Å². The zero-order chi connectivity index (χ0) is 19.8. The lowest BCUT2D eigenvalue weighted by Gasteiger charge is -2.35. The first-order valence-electron chi connectivity index (χ1n) is 9.47. The molecule has 8 nitrogen and oxygen atoms in total. The van der Waals surface area contributed by atoms with E-state index in [4.69, 9.17) is 8.94 Å². The van der Waals surface area contributed by atoms with E-state index in [1.807, 2.05) is 47.4 Å². The molecule has 0 bridgehead atoms. The highest BCUT2D eigenvalue weighted by Crippen LogP contribution is 2.22. The van der Waals surface area contributed by atoms with Gasteiger partial charge in [0.2, 0.25) is 11.7 Å². The van der Waals surface area contributed by atoms with E-state index in [-0.39, 0.29) is 5.91 Å². The molecule has 3 aromatic heterocycles. The normalized spacial score (nSPS) is 14.5. The summed E-state index contributed by atoms with van der Waals surface area (Å²) in [4.78, 5) is 25.5. The van der Waals surface area contributed by atoms with Crippen LogP contribution in [0.2, 0.25) is 0 Å². The number of aryl methyl sites for hydroxylation is 1. The number of fused-ring (bicyclic) bond motifs is 1. The molecule has 1 saturated heterocycles. The van der Waals surface area contributed by atoms with Gasteiger partial charge >= 0.3 is 0 Å². The Morgan fingerprint density at radius 2 is 1.90 bits per heavy atom. The second-order valence-corrected chi connectivity index (χ2v) is 6.97. The predicted molar refractivity (Wildman–Crippen MR) is 107 cm³/mol. The summed E-state index contributed by atoms with van der Waals surface area (Å²) in [6.45, 7) is 4.40. The van der Waals surface area contributed by atoms with Gasteiger partial charge in [0.25, 0.3) is 5.91 Å². The Kier molecular flexibility index (Phi) is 4.23. The predicted octanol–water partition coefficient (Wildman–Crippen LogP) is 3.15. The second-order valence-electron chi connectivity index (χ2n) is 6.97. The lowest BCUT2D eigenvalue weighted by atomic mass is 10.2. The van der Waals surface area contributed by atoms with Crippen molar-refractivity contribution in [2.45, 2.75) is 6.92 Å². The molecule has 5 rings (SSSR count). The molecule has 4 heterocycles. The zero-order valence-electron chi connectivity index (χ0n) is 15.9. The summed E-state index contributed by atoms with van der Waals surface area (Å²) in [6, 6.07) is 13.3. The quantitative estimate of drug-likeness (QED) is 0.532. The van der Waals surface area contributed by atoms with Gasteiger partial charge in [-0.2, -0.15) is 4.98 Å². The molecular weight excluding hydrogens is 370 g/mol. The van der Waals surface area contributed by atoms with E-state index in [1.54, 1.807) is 13.1 Å². The first-order valence-corrected chi connectivity index (χ1v) is 9.47. The van der Waals surface area contributed by atoms with Crippen LogP contribution in [-0.2, 0) is 0 Å². The number of amides is 1. The summed E-state index contributed by atoms with van der Waals surface area (Å²) in [5.41, 5.74) is 1.54. The average Bonchev–Trinajstić information content (AvgIpc) is 3.40. The Balaban J connectivity index is 1.24. The van der Waals surface area contributed by atoms with Crippen molar-refractivity contribution < 1.29 is 13.7 Å². The number of carbonyl (C=O) groups excluding carboxylic acids is 1. The number of para-hydroxylation sites is 1. The molecule has 0 N–H and O–H groups in total. The van der Waals surface area contributed by atoms with E-state index < -0.39 is 0 Å². The van der Waals surface area contributed by atoms with Gasteiger partial charge < -0.3 is 18.7 Å². The molecule has 4 aromatic rings. The minimum Gasteiger partial charge on any atom is -0.451 e. The van der Waals surface area contributed by atoms with Crippen LogP contribution in [0.15, 0.2) is 57.6 Å². The lowest BCUT2D eigenvalue weighted by molar-refractivity contribution is 0.0717. The molecule has 1 amide bonds. The van der Waals surface area contributed by atoms with Crippen molar-refractivity contribution in [1.29, 1.82) is 0 Å². The molecule has 0 spiro atoms. The van der Waals surface area contributed by atoms with Crippen LogP contribution in [0, 0.1) is 6.92 Å². The van der Waals surface area contributed by atoms with Crippen LogP contribution in [-0.4, -0.2) is 52.1 Å². The third-order valence-electron chi connectivity index (χ3n) is 5.06. The number of anilines is 1. The van der Waals surface area contributed by atoms with Crippen molar-refractivity contribution in [3.8, 4) is 11.4 Å². The van der Waals surface area contributed by atoms with Crippen molar-refractivity contribution in [2.75, 3.05) is 31.1 Å². The van der Waals surface area contributed by atoms with Gasteiger partial charge in [0.1, 0.15) is 11.4 Å². The molecule has 1 aliphatic rings. The first-order chi connectivity index (χ1) is 14.2. The molecule has 0 atom stereocenters. The van der Waals surface area contributed by atoms with Gasteiger partial charge in [0, 0.05) is 50.2 Å². The van der Waals surface area contributed by atoms with E-state index in [0.717, 1.165) is 22.4 Å². The highest BCUT2D eigenvalue weighted by Gasteiger charge is 2.25. The Morgan fingerprint density at radius 3 is 2.59 bits per heavy atom. The van der Waals surface area contributed by atoms with Crippen LogP contribution in [0.4, 0.5) is 5.82 Å². The molecule has 8 heteroatoms. The van der Waals surface area contributed by atoms with Crippen LogP contribution < -0.4 is 4.90 Å². The van der Waals surface area contributed by atoms with Gasteiger partial charge in [0.15, 0.2) is 5.76 Å². The molecular formula is C21H19N5O3. The number of hydrogen-bond donors (Lipinski definition) is 0. The van der Waals surface area contributed by atoms with E-state index >= 15 is 0 Å². The number of piperazine rings is 1. The summed E-state index contributed by atoms with van der Waals surface area (Å²) >= 11 is 0. The van der Waals surface area contributed by atoms with Crippen molar-refractivity contribution in [1.82, 2.24) is 20.0 Å². The third kappa shape index (κ3) is 3.33. The van der Waals surface area contributed by atoms with Crippen LogP contribution in [0.25, 0.3) is 22.4 Å². The van der Waals surface area contributed by atoms with Crippen LogP contribution >= 0.6 is 0 Å². The Bertz CT molecular complexity index is 1120. The fraction of sp³-hybridized carbons (Fsp3) is 0.238. The highest BCUT2D eigenvalue weighted by atomic mass is 16.5. The molecule has 1 aliphatic heterocycles. The first kappa shape index (κ1) is 17.4. The topological polar surface area (TPSA) is 88.5 Å². The van der Waals surface area contributed by atoms with Gasteiger partial charge in [-0.15, -0.1) is 0 Å². The lowest BCUT2D eigenvalue weighted by Crippen LogP contribution is -2.49. The highest BCUT2D eigenvalue weighted by molar-refractivity contribution is 5.96. The molecule has 0 radical (unpaired) electrons. The van der Waals surface area contributed by atoms with Crippen molar-refractivity contribution in [3.63, 3.8) is 0 Å². The summed E-state index contributed by atoms with van der Waals surface area (Å²) < 4.78 is 10.7. The maximum absolute atomic E-state index is 12.8. The average molecular weight is 389 g/mol. The molecule has 1 aromatic carbocycles. The molecule has 0 saturated carbocycles. The third-order valence-corrected chi connectivity index (χ3v) is 5.06. The number of benzene rings is 1. The molecule has 0 unspecified atom stereocenters. The Morgan fingerprint density at radius 1 is 1.07 bits per heavy atom. The summed E-state index contributed by atoms with van der Waals surface area (Å²) in [5, 5.41) is 4.85. The van der Waals surface area contributed by atoms with Gasteiger partial charge in [-0.1, -0.05) is 23.4 Å². The number of rotatable bonds is 3. The maximum Gasteiger partial charge on any atom is 0.289 e. The van der Waals surface area contributed by atoms with Crippen molar-refractivity contribution >= 4 is 22.7 Å².